The number of nitrogens with one attached hydrogen (secondary N) is 3. The maximum Gasteiger partial charge on any atom is 0.243 e. The number of carbonyl (C=O) groups is 1. The van der Waals surface area contributed by atoms with Crippen molar-refractivity contribution < 1.29 is 4.79 Å². The minimum atomic E-state index is -0.823. The lowest BCUT2D eigenvalue weighted by Crippen LogP contribution is -2.64. The Morgan fingerprint density at radius 2 is 0.679 bits per heavy atom. The van der Waals surface area contributed by atoms with Crippen LogP contribution in [0.1, 0.15) is 258 Å². The van der Waals surface area contributed by atoms with Crippen LogP contribution in [-0.2, 0) is 4.79 Å². The zero-order chi connectivity index (χ0) is 40.9. The third kappa shape index (κ3) is 36.3. The van der Waals surface area contributed by atoms with Gasteiger partial charge in [-0.3, -0.25) is 16.5 Å². The van der Waals surface area contributed by atoms with Crippen LogP contribution in [0.15, 0.2) is 0 Å². The molecule has 0 aromatic heterocycles. The maximum atomic E-state index is 13.8. The molecule has 8 heteroatoms. The molecule has 9 N–H and O–H groups in total. The Balaban J connectivity index is 4.45. The molecule has 0 aliphatic carbocycles. The van der Waals surface area contributed by atoms with Gasteiger partial charge in [-0.25, -0.2) is 0 Å². The summed E-state index contributed by atoms with van der Waals surface area (Å²) in [6.07, 6.45) is 48.6. The molecule has 8 nitrogen and oxygen atoms in total. The second-order valence-corrected chi connectivity index (χ2v) is 17.5. The van der Waals surface area contributed by atoms with Gasteiger partial charge in [0.2, 0.25) is 5.91 Å². The van der Waals surface area contributed by atoms with Gasteiger partial charge in [0.25, 0.3) is 0 Å². The Bertz CT molecular complexity index is 732. The molecule has 0 aromatic rings. The first kappa shape index (κ1) is 55.2. The van der Waals surface area contributed by atoms with E-state index >= 15 is 0 Å². The fourth-order valence-electron chi connectivity index (χ4n) is 8.22. The summed E-state index contributed by atoms with van der Waals surface area (Å²) in [6, 6.07) is 0. The lowest BCUT2D eigenvalue weighted by atomic mass is 9.85. The van der Waals surface area contributed by atoms with Crippen LogP contribution in [0.3, 0.4) is 0 Å². The number of hydrogen-bond donors (Lipinski definition) is 6. The molecule has 0 fully saturated rings. The van der Waals surface area contributed by atoms with Crippen LogP contribution in [0.5, 0.6) is 0 Å². The monoisotopic (exact) mass is 794 g/mol. The highest BCUT2D eigenvalue weighted by atomic mass is 16.2. The molecular weight excluding hydrogens is 691 g/mol. The standard InChI is InChI=1S/C48H103N7O/c1-3-5-7-9-11-13-15-17-19-21-23-25-27-29-31-33-39-48(55(50)51,47(56)54-46-38-45-53-43-36-35-42-52-44-37-41-49)40-34-32-30-28-26-24-22-20-18-16-14-12-10-8-6-4-2/h52-53H,3-46,49-51H2,1-2H3,(H,54,56). The largest absolute Gasteiger partial charge is 0.354 e. The molecule has 0 rings (SSSR count). The smallest absolute Gasteiger partial charge is 0.243 e. The number of carbonyl (C=O) groups excluding carboxylic acids is 1. The zero-order valence-corrected chi connectivity index (χ0v) is 38.2. The number of nitrogens with two attached hydrogens (primary N) is 3. The number of hydrogen-bond acceptors (Lipinski definition) is 7. The van der Waals surface area contributed by atoms with Crippen LogP contribution in [-0.4, -0.2) is 55.8 Å². The Kier molecular flexibility index (Phi) is 44.7. The van der Waals surface area contributed by atoms with Crippen molar-refractivity contribution in [2.45, 2.75) is 263 Å². The van der Waals surface area contributed by atoms with Crippen molar-refractivity contribution in [1.29, 1.82) is 0 Å². The summed E-state index contributed by atoms with van der Waals surface area (Å²) < 4.78 is 0. The number of unbranched alkanes of at least 4 members (excludes halogenated alkanes) is 31. The highest BCUT2D eigenvalue weighted by Crippen LogP contribution is 2.27. The number of hydrazine groups is 2. The first-order valence-corrected chi connectivity index (χ1v) is 25.2. The van der Waals surface area contributed by atoms with Gasteiger partial charge in [0.15, 0.2) is 0 Å². The van der Waals surface area contributed by atoms with Crippen LogP contribution < -0.4 is 33.4 Å². The molecule has 0 aliphatic heterocycles. The van der Waals surface area contributed by atoms with E-state index in [-0.39, 0.29) is 5.91 Å². The van der Waals surface area contributed by atoms with Gasteiger partial charge in [-0.1, -0.05) is 219 Å². The minimum absolute atomic E-state index is 0.0213. The summed E-state index contributed by atoms with van der Waals surface area (Å²) in [7, 11) is 0. The minimum Gasteiger partial charge on any atom is -0.354 e. The van der Waals surface area contributed by atoms with E-state index in [1.165, 1.54) is 191 Å². The Labute approximate surface area is 350 Å². The van der Waals surface area contributed by atoms with Crippen molar-refractivity contribution in [3.8, 4) is 0 Å². The van der Waals surface area contributed by atoms with E-state index in [2.05, 4.69) is 29.8 Å². The predicted octanol–water partition coefficient (Wildman–Crippen LogP) is 11.9. The molecule has 0 bridgehead atoms. The Hall–Kier alpha value is -0.770. The summed E-state index contributed by atoms with van der Waals surface area (Å²) in [5.41, 5.74) is 4.74. The van der Waals surface area contributed by atoms with E-state index in [1.54, 1.807) is 0 Å². The van der Waals surface area contributed by atoms with Crippen LogP contribution in [0.2, 0.25) is 0 Å². The number of nitrogens with zero attached hydrogens (tertiary/aromatic N) is 1. The molecule has 56 heavy (non-hydrogen) atoms. The lowest BCUT2D eigenvalue weighted by Gasteiger charge is -2.37. The number of amides is 1. The van der Waals surface area contributed by atoms with E-state index in [1.807, 2.05) is 0 Å². The highest BCUT2D eigenvalue weighted by Gasteiger charge is 2.40. The van der Waals surface area contributed by atoms with E-state index in [4.69, 9.17) is 17.4 Å². The van der Waals surface area contributed by atoms with Gasteiger partial charge in [0.1, 0.15) is 5.54 Å². The molecule has 0 spiro atoms. The number of rotatable bonds is 48. The average molecular weight is 794 g/mol. The van der Waals surface area contributed by atoms with Gasteiger partial charge in [-0.15, -0.1) is 0 Å². The fourth-order valence-corrected chi connectivity index (χ4v) is 8.22. The van der Waals surface area contributed by atoms with E-state index in [0.29, 0.717) is 6.54 Å². The molecule has 0 heterocycles. The molecule has 1 amide bonds. The molecule has 336 valence electrons. The van der Waals surface area contributed by atoms with Gasteiger partial charge in [0, 0.05) is 6.54 Å². The summed E-state index contributed by atoms with van der Waals surface area (Å²) in [5, 5.41) is 11.5. The first-order chi connectivity index (χ1) is 27.5. The van der Waals surface area contributed by atoms with Gasteiger partial charge >= 0.3 is 0 Å². The topological polar surface area (TPSA) is 134 Å². The highest BCUT2D eigenvalue weighted by molar-refractivity contribution is 5.86. The fraction of sp³-hybridized carbons (Fsp3) is 0.979. The summed E-state index contributed by atoms with van der Waals surface area (Å²) in [6.45, 7) is 9.96. The van der Waals surface area contributed by atoms with Crippen LogP contribution in [0, 0.1) is 0 Å². The molecule has 0 aliphatic rings. The Morgan fingerprint density at radius 3 is 0.982 bits per heavy atom. The third-order valence-electron chi connectivity index (χ3n) is 12.1. The van der Waals surface area contributed by atoms with Crippen molar-refractivity contribution in [3.63, 3.8) is 0 Å². The molecule has 0 saturated carbocycles. The van der Waals surface area contributed by atoms with Gasteiger partial charge < -0.3 is 21.7 Å². The summed E-state index contributed by atoms with van der Waals surface area (Å²) in [5.74, 6) is 12.8. The Morgan fingerprint density at radius 1 is 0.393 bits per heavy atom. The quantitative estimate of drug-likeness (QED) is 0.0205. The second-order valence-electron chi connectivity index (χ2n) is 17.5. The molecule has 0 unspecified atom stereocenters. The normalized spacial score (nSPS) is 12.0. The average Bonchev–Trinajstić information content (AvgIpc) is 3.19. The van der Waals surface area contributed by atoms with Crippen LogP contribution in [0.25, 0.3) is 0 Å². The van der Waals surface area contributed by atoms with E-state index in [9.17, 15) is 4.79 Å². The van der Waals surface area contributed by atoms with Crippen molar-refractivity contribution in [1.82, 2.24) is 21.1 Å². The predicted molar refractivity (Wildman–Crippen MR) is 248 cm³/mol. The van der Waals surface area contributed by atoms with E-state index in [0.717, 1.165) is 90.5 Å². The SMILES string of the molecule is CCCCCCCCCCCCCCCCCCC(CCCCCCCCCCCCCCCCCC)(C(=O)NCCCNCCCCNCCCN)N(N)N. The molecule has 0 atom stereocenters. The van der Waals surface area contributed by atoms with Crippen LogP contribution in [0.4, 0.5) is 0 Å². The molecular formula is C48H103N7O. The molecule has 0 saturated heterocycles. The van der Waals surface area contributed by atoms with Gasteiger partial charge in [-0.2, -0.15) is 5.12 Å². The maximum absolute atomic E-state index is 13.8. The first-order valence-electron chi connectivity index (χ1n) is 25.2. The zero-order valence-electron chi connectivity index (χ0n) is 38.2. The molecule has 0 radical (unpaired) electrons. The van der Waals surface area contributed by atoms with Crippen LogP contribution >= 0.6 is 0 Å². The van der Waals surface area contributed by atoms with Gasteiger partial charge in [-0.05, 0) is 71.2 Å². The van der Waals surface area contributed by atoms with Crippen molar-refractivity contribution >= 4 is 5.91 Å². The lowest BCUT2D eigenvalue weighted by molar-refractivity contribution is -0.135. The van der Waals surface area contributed by atoms with Crippen molar-refractivity contribution in [2.75, 3.05) is 39.3 Å². The summed E-state index contributed by atoms with van der Waals surface area (Å²) >= 11 is 0. The third-order valence-corrected chi connectivity index (χ3v) is 12.1. The van der Waals surface area contributed by atoms with Crippen molar-refractivity contribution in [2.24, 2.45) is 17.4 Å². The summed E-state index contributed by atoms with van der Waals surface area (Å²) in [4.78, 5) is 13.8. The van der Waals surface area contributed by atoms with Crippen molar-refractivity contribution in [3.05, 3.63) is 0 Å². The molecule has 0 aromatic carbocycles. The second kappa shape index (κ2) is 45.3. The van der Waals surface area contributed by atoms with Gasteiger partial charge in [0.05, 0.1) is 0 Å². The van der Waals surface area contributed by atoms with E-state index < -0.39 is 5.54 Å².